The van der Waals surface area contributed by atoms with Crippen molar-refractivity contribution in [3.05, 3.63) is 70.9 Å². The Morgan fingerprint density at radius 2 is 1.71 bits per heavy atom. The highest BCUT2D eigenvalue weighted by molar-refractivity contribution is 6.31. The molecule has 3 aromatic rings. The summed E-state index contributed by atoms with van der Waals surface area (Å²) >= 11 is 6.51. The van der Waals surface area contributed by atoms with E-state index in [1.165, 1.54) is 6.42 Å². The molecular weight excluding hydrogens is 410 g/mol. The Hall–Kier alpha value is -2.79. The second-order valence-corrected chi connectivity index (χ2v) is 8.63. The molecule has 6 heteroatoms. The number of carbonyl (C=O) groups excluding carboxylic acids is 2. The van der Waals surface area contributed by atoms with Gasteiger partial charge in [0, 0.05) is 40.5 Å². The van der Waals surface area contributed by atoms with E-state index >= 15 is 0 Å². The van der Waals surface area contributed by atoms with Crippen molar-refractivity contribution in [2.45, 2.75) is 38.0 Å². The maximum atomic E-state index is 12.5. The Kier molecular flexibility index (Phi) is 6.92. The molecule has 3 N–H and O–H groups in total. The average Bonchev–Trinajstić information content (AvgIpc) is 3.23. The van der Waals surface area contributed by atoms with Gasteiger partial charge in [-0.05, 0) is 36.1 Å². The summed E-state index contributed by atoms with van der Waals surface area (Å²) < 4.78 is 0. The Bertz CT molecular complexity index is 1060. The van der Waals surface area contributed by atoms with Crippen molar-refractivity contribution < 1.29 is 9.59 Å². The lowest BCUT2D eigenvalue weighted by atomic mass is 9.89. The second kappa shape index (κ2) is 10.0. The average molecular weight is 438 g/mol. The van der Waals surface area contributed by atoms with Gasteiger partial charge in [-0.15, -0.1) is 0 Å². The number of aromatic nitrogens is 1. The molecule has 2 amide bonds. The molecule has 1 heterocycles. The summed E-state index contributed by atoms with van der Waals surface area (Å²) in [7, 11) is 0. The van der Waals surface area contributed by atoms with Crippen LogP contribution >= 0.6 is 11.6 Å². The van der Waals surface area contributed by atoms with Gasteiger partial charge >= 0.3 is 0 Å². The summed E-state index contributed by atoms with van der Waals surface area (Å²) in [5.41, 5.74) is 3.08. The highest BCUT2D eigenvalue weighted by Crippen LogP contribution is 2.34. The third kappa shape index (κ3) is 5.10. The van der Waals surface area contributed by atoms with Gasteiger partial charge in [0.05, 0.1) is 6.54 Å². The monoisotopic (exact) mass is 437 g/mol. The molecule has 0 bridgehead atoms. The van der Waals surface area contributed by atoms with Crippen LogP contribution in [0.2, 0.25) is 5.02 Å². The van der Waals surface area contributed by atoms with Crippen LogP contribution in [0.1, 0.15) is 49.1 Å². The molecular formula is C25H28ClN3O2. The SMILES string of the molecule is O=C(CNC(=O)C1CCCCC1)NC[C@H](c1ccccc1Cl)c1c[nH]c2ccccc12. The topological polar surface area (TPSA) is 74.0 Å². The number of aromatic amines is 1. The summed E-state index contributed by atoms with van der Waals surface area (Å²) in [5.74, 6) is -0.262. The number of nitrogens with one attached hydrogen (secondary N) is 3. The second-order valence-electron chi connectivity index (χ2n) is 8.22. The van der Waals surface area contributed by atoms with E-state index in [4.69, 9.17) is 11.6 Å². The summed E-state index contributed by atoms with van der Waals surface area (Å²) in [6, 6.07) is 15.8. The van der Waals surface area contributed by atoms with Crippen LogP contribution in [0.4, 0.5) is 0 Å². The van der Waals surface area contributed by atoms with Gasteiger partial charge in [-0.25, -0.2) is 0 Å². The first kappa shape index (κ1) is 21.4. The van der Waals surface area contributed by atoms with Crippen LogP contribution in [0.5, 0.6) is 0 Å². The Morgan fingerprint density at radius 3 is 2.52 bits per heavy atom. The maximum absolute atomic E-state index is 12.5. The van der Waals surface area contributed by atoms with Crippen LogP contribution in [-0.2, 0) is 9.59 Å². The molecule has 0 saturated heterocycles. The molecule has 1 saturated carbocycles. The van der Waals surface area contributed by atoms with E-state index in [-0.39, 0.29) is 30.2 Å². The van der Waals surface area contributed by atoms with Crippen LogP contribution < -0.4 is 10.6 Å². The maximum Gasteiger partial charge on any atom is 0.239 e. The van der Waals surface area contributed by atoms with Crippen LogP contribution in [0.15, 0.2) is 54.7 Å². The molecule has 2 aromatic carbocycles. The molecule has 0 aliphatic heterocycles. The zero-order valence-corrected chi connectivity index (χ0v) is 18.3. The number of fused-ring (bicyclic) bond motifs is 1. The number of amides is 2. The zero-order chi connectivity index (χ0) is 21.6. The van der Waals surface area contributed by atoms with Crippen molar-refractivity contribution >= 4 is 34.3 Å². The minimum absolute atomic E-state index is 0.00153. The third-order valence-corrected chi connectivity index (χ3v) is 6.52. The zero-order valence-electron chi connectivity index (χ0n) is 17.5. The summed E-state index contributed by atoms with van der Waals surface area (Å²) in [6.45, 7) is 0.391. The lowest BCUT2D eigenvalue weighted by molar-refractivity contribution is -0.129. The van der Waals surface area contributed by atoms with Crippen LogP contribution in [0.3, 0.4) is 0 Å². The molecule has 1 aromatic heterocycles. The lowest BCUT2D eigenvalue weighted by Gasteiger charge is -2.21. The van der Waals surface area contributed by atoms with Gasteiger partial charge in [-0.1, -0.05) is 67.3 Å². The van der Waals surface area contributed by atoms with E-state index in [9.17, 15) is 9.59 Å². The van der Waals surface area contributed by atoms with Crippen molar-refractivity contribution in [3.63, 3.8) is 0 Å². The van der Waals surface area contributed by atoms with Gasteiger partial charge in [0.1, 0.15) is 0 Å². The molecule has 1 aliphatic carbocycles. The first-order valence-corrected chi connectivity index (χ1v) is 11.4. The van der Waals surface area contributed by atoms with Gasteiger partial charge in [-0.2, -0.15) is 0 Å². The first-order chi connectivity index (χ1) is 15.1. The van der Waals surface area contributed by atoms with E-state index in [0.29, 0.717) is 11.6 Å². The first-order valence-electron chi connectivity index (χ1n) is 11.0. The van der Waals surface area contributed by atoms with Crippen molar-refractivity contribution in [3.8, 4) is 0 Å². The summed E-state index contributed by atoms with van der Waals surface area (Å²) in [6.07, 6.45) is 7.20. The van der Waals surface area contributed by atoms with E-state index in [1.807, 2.05) is 48.7 Å². The Balaban J connectivity index is 1.45. The number of carbonyl (C=O) groups is 2. The molecule has 31 heavy (non-hydrogen) atoms. The summed E-state index contributed by atoms with van der Waals surface area (Å²) in [4.78, 5) is 28.2. The number of benzene rings is 2. The number of hydrogen-bond donors (Lipinski definition) is 3. The number of rotatable bonds is 7. The minimum Gasteiger partial charge on any atom is -0.361 e. The minimum atomic E-state index is -0.193. The van der Waals surface area contributed by atoms with Gasteiger partial charge < -0.3 is 15.6 Å². The van der Waals surface area contributed by atoms with Gasteiger partial charge in [-0.3, -0.25) is 9.59 Å². The fourth-order valence-electron chi connectivity index (χ4n) is 4.48. The van der Waals surface area contributed by atoms with Crippen molar-refractivity contribution in [2.75, 3.05) is 13.1 Å². The number of halogens is 1. The molecule has 5 nitrogen and oxygen atoms in total. The van der Waals surface area contributed by atoms with Gasteiger partial charge in [0.15, 0.2) is 0 Å². The predicted molar refractivity (Wildman–Crippen MR) is 124 cm³/mol. The standard InChI is InChI=1S/C25H28ClN3O2/c26-22-12-6-4-10-18(22)20(21-14-27-23-13-7-5-11-19(21)23)15-28-24(30)16-29-25(31)17-8-2-1-3-9-17/h4-7,10-14,17,20,27H,1-3,8-9,15-16H2,(H,28,30)(H,29,31)/t20-/m1/s1. The van der Waals surface area contributed by atoms with Crippen molar-refractivity contribution in [2.24, 2.45) is 5.92 Å². The smallest absolute Gasteiger partial charge is 0.239 e. The molecule has 0 radical (unpaired) electrons. The Morgan fingerprint density at radius 1 is 0.968 bits per heavy atom. The molecule has 1 aliphatic rings. The van der Waals surface area contributed by atoms with E-state index in [1.54, 1.807) is 0 Å². The molecule has 1 atom stereocenters. The quantitative estimate of drug-likeness (QED) is 0.498. The fraction of sp³-hybridized carbons (Fsp3) is 0.360. The van der Waals surface area contributed by atoms with Crippen molar-refractivity contribution in [1.82, 2.24) is 15.6 Å². The van der Waals surface area contributed by atoms with Crippen LogP contribution in [0, 0.1) is 5.92 Å². The predicted octanol–water partition coefficient (Wildman–Crippen LogP) is 4.77. The van der Waals surface area contributed by atoms with E-state index in [0.717, 1.165) is 47.7 Å². The largest absolute Gasteiger partial charge is 0.361 e. The van der Waals surface area contributed by atoms with E-state index < -0.39 is 0 Å². The molecule has 4 rings (SSSR count). The number of hydrogen-bond acceptors (Lipinski definition) is 2. The number of H-pyrrole nitrogens is 1. The molecule has 1 fully saturated rings. The van der Waals surface area contributed by atoms with Gasteiger partial charge in [0.25, 0.3) is 0 Å². The number of para-hydroxylation sites is 1. The van der Waals surface area contributed by atoms with Crippen molar-refractivity contribution in [1.29, 1.82) is 0 Å². The normalized spacial score (nSPS) is 15.5. The third-order valence-electron chi connectivity index (χ3n) is 6.18. The lowest BCUT2D eigenvalue weighted by Crippen LogP contribution is -2.41. The molecule has 0 unspecified atom stereocenters. The molecule has 0 spiro atoms. The van der Waals surface area contributed by atoms with Crippen LogP contribution in [0.25, 0.3) is 10.9 Å². The highest BCUT2D eigenvalue weighted by Gasteiger charge is 2.23. The van der Waals surface area contributed by atoms with Crippen LogP contribution in [-0.4, -0.2) is 29.9 Å². The Labute approximate surface area is 187 Å². The fourth-order valence-corrected chi connectivity index (χ4v) is 4.75. The molecule has 162 valence electrons. The summed E-state index contributed by atoms with van der Waals surface area (Å²) in [5, 5.41) is 7.57. The highest BCUT2D eigenvalue weighted by atomic mass is 35.5. The van der Waals surface area contributed by atoms with E-state index in [2.05, 4.69) is 21.7 Å². The van der Waals surface area contributed by atoms with Gasteiger partial charge in [0.2, 0.25) is 11.8 Å².